The van der Waals surface area contributed by atoms with E-state index in [0.717, 1.165) is 0 Å². The summed E-state index contributed by atoms with van der Waals surface area (Å²) in [4.78, 5) is 0. The second-order valence-corrected chi connectivity index (χ2v) is 4.10. The number of halogens is 4. The smallest absolute Gasteiger partial charge is 0.389 e. The zero-order valence-corrected chi connectivity index (χ0v) is 10.5. The fourth-order valence-electron chi connectivity index (χ4n) is 1.29. The van der Waals surface area contributed by atoms with Gasteiger partial charge < -0.3 is 15.7 Å². The van der Waals surface area contributed by atoms with Gasteiger partial charge in [0, 0.05) is 12.0 Å². The van der Waals surface area contributed by atoms with Crippen LogP contribution in [0.2, 0.25) is 5.02 Å². The molecule has 0 aliphatic rings. The third-order valence-electron chi connectivity index (χ3n) is 2.20. The highest BCUT2D eigenvalue weighted by Crippen LogP contribution is 2.26. The average Bonchev–Trinajstić information content (AvgIpc) is 2.33. The van der Waals surface area contributed by atoms with Gasteiger partial charge in [-0.3, -0.25) is 0 Å². The Balaban J connectivity index is 2.56. The standard InChI is InChI=1S/C11H12ClF3N2O2/c12-8-6-7(10(16)17-18)2-3-9(8)19-5-1-4-11(13,14)15/h2-3,6,18H,1,4-5H2,(H2,16,17). The molecule has 1 aromatic rings. The maximum Gasteiger partial charge on any atom is 0.389 e. The molecule has 3 N–H and O–H groups in total. The van der Waals surface area contributed by atoms with Crippen LogP contribution in [0, 0.1) is 0 Å². The quantitative estimate of drug-likeness (QED) is 0.288. The van der Waals surface area contributed by atoms with E-state index < -0.39 is 12.6 Å². The van der Waals surface area contributed by atoms with Crippen LogP contribution < -0.4 is 10.5 Å². The molecule has 0 spiro atoms. The van der Waals surface area contributed by atoms with Gasteiger partial charge in [-0.15, -0.1) is 0 Å². The first kappa shape index (κ1) is 15.4. The van der Waals surface area contributed by atoms with E-state index in [1.54, 1.807) is 0 Å². The number of hydrogen-bond acceptors (Lipinski definition) is 3. The fourth-order valence-corrected chi connectivity index (χ4v) is 1.52. The van der Waals surface area contributed by atoms with Crippen molar-refractivity contribution in [2.45, 2.75) is 19.0 Å². The third-order valence-corrected chi connectivity index (χ3v) is 2.49. The molecule has 0 aromatic heterocycles. The Kier molecular flexibility index (Phi) is 5.29. The normalized spacial score (nSPS) is 12.5. The van der Waals surface area contributed by atoms with Crippen LogP contribution in [0.15, 0.2) is 23.4 Å². The number of nitrogens with two attached hydrogens (primary N) is 1. The van der Waals surface area contributed by atoms with E-state index in [1.165, 1.54) is 18.2 Å². The van der Waals surface area contributed by atoms with Crippen molar-refractivity contribution >= 4 is 17.4 Å². The summed E-state index contributed by atoms with van der Waals surface area (Å²) in [7, 11) is 0. The Morgan fingerprint density at radius 1 is 1.42 bits per heavy atom. The largest absolute Gasteiger partial charge is 0.492 e. The Morgan fingerprint density at radius 2 is 2.11 bits per heavy atom. The molecule has 0 radical (unpaired) electrons. The number of amidine groups is 1. The number of benzene rings is 1. The molecule has 0 aliphatic carbocycles. The van der Waals surface area contributed by atoms with Gasteiger partial charge >= 0.3 is 6.18 Å². The van der Waals surface area contributed by atoms with Gasteiger partial charge in [0.1, 0.15) is 5.75 Å². The van der Waals surface area contributed by atoms with Crippen molar-refractivity contribution in [1.29, 1.82) is 0 Å². The van der Waals surface area contributed by atoms with Crippen molar-refractivity contribution in [1.82, 2.24) is 0 Å². The van der Waals surface area contributed by atoms with E-state index in [0.29, 0.717) is 5.56 Å². The molecule has 0 amide bonds. The van der Waals surface area contributed by atoms with Crippen molar-refractivity contribution < 1.29 is 23.1 Å². The van der Waals surface area contributed by atoms with E-state index in [4.69, 9.17) is 27.3 Å². The van der Waals surface area contributed by atoms with Gasteiger partial charge in [0.15, 0.2) is 5.84 Å². The van der Waals surface area contributed by atoms with Gasteiger partial charge in [-0.1, -0.05) is 16.8 Å². The molecule has 8 heteroatoms. The molecule has 0 bridgehead atoms. The maximum atomic E-state index is 11.9. The summed E-state index contributed by atoms with van der Waals surface area (Å²) in [5.41, 5.74) is 5.74. The van der Waals surface area contributed by atoms with Gasteiger partial charge in [-0.2, -0.15) is 13.2 Å². The van der Waals surface area contributed by atoms with Crippen molar-refractivity contribution in [3.8, 4) is 5.75 Å². The van der Waals surface area contributed by atoms with Crippen molar-refractivity contribution in [2.24, 2.45) is 10.9 Å². The Labute approximate surface area is 112 Å². The Bertz CT molecular complexity index is 464. The molecule has 0 aliphatic heterocycles. The van der Waals surface area contributed by atoms with Crippen LogP contribution in [-0.4, -0.2) is 23.8 Å². The lowest BCUT2D eigenvalue weighted by Crippen LogP contribution is -2.13. The highest BCUT2D eigenvalue weighted by atomic mass is 35.5. The number of alkyl halides is 3. The lowest BCUT2D eigenvalue weighted by atomic mass is 10.2. The van der Waals surface area contributed by atoms with Crippen LogP contribution in [0.1, 0.15) is 18.4 Å². The highest BCUT2D eigenvalue weighted by Gasteiger charge is 2.26. The summed E-state index contributed by atoms with van der Waals surface area (Å²) < 4.78 is 40.9. The predicted octanol–water partition coefficient (Wildman–Crippen LogP) is 3.16. The van der Waals surface area contributed by atoms with Crippen LogP contribution in [0.5, 0.6) is 5.75 Å². The first-order chi connectivity index (χ1) is 8.83. The molecule has 1 rings (SSSR count). The molecule has 0 unspecified atom stereocenters. The first-order valence-corrected chi connectivity index (χ1v) is 5.68. The lowest BCUT2D eigenvalue weighted by Gasteiger charge is -2.10. The minimum atomic E-state index is -4.19. The number of oxime groups is 1. The number of hydrogen-bond donors (Lipinski definition) is 2. The first-order valence-electron chi connectivity index (χ1n) is 5.30. The average molecular weight is 297 g/mol. The molecule has 1 aromatic carbocycles. The van der Waals surface area contributed by atoms with E-state index >= 15 is 0 Å². The third kappa shape index (κ3) is 5.25. The Hall–Kier alpha value is -1.63. The summed E-state index contributed by atoms with van der Waals surface area (Å²) in [6.45, 7) is -0.0951. The molecule has 0 saturated carbocycles. The fraction of sp³-hybridized carbons (Fsp3) is 0.364. The second-order valence-electron chi connectivity index (χ2n) is 3.70. The van der Waals surface area contributed by atoms with Gasteiger partial charge in [-0.05, 0) is 24.6 Å². The molecule has 4 nitrogen and oxygen atoms in total. The molecule has 0 atom stereocenters. The maximum absolute atomic E-state index is 11.9. The van der Waals surface area contributed by atoms with Gasteiger partial charge in [0.2, 0.25) is 0 Å². The summed E-state index contributed by atoms with van der Waals surface area (Å²) in [5, 5.41) is 11.5. The van der Waals surface area contributed by atoms with Gasteiger partial charge in [-0.25, -0.2) is 0 Å². The number of nitrogens with zero attached hydrogens (tertiary/aromatic N) is 1. The topological polar surface area (TPSA) is 67.8 Å². The molecular formula is C11H12ClF3N2O2. The van der Waals surface area contributed by atoms with E-state index in [-0.39, 0.29) is 29.6 Å². The summed E-state index contributed by atoms with van der Waals surface area (Å²) in [5.74, 6) is 0.129. The molecular weight excluding hydrogens is 285 g/mol. The number of ether oxygens (including phenoxy) is 1. The summed E-state index contributed by atoms with van der Waals surface area (Å²) in [6.07, 6.45) is -5.25. The van der Waals surface area contributed by atoms with Crippen molar-refractivity contribution in [3.05, 3.63) is 28.8 Å². The highest BCUT2D eigenvalue weighted by molar-refractivity contribution is 6.32. The van der Waals surface area contributed by atoms with Crippen molar-refractivity contribution in [2.75, 3.05) is 6.61 Å². The monoisotopic (exact) mass is 296 g/mol. The van der Waals surface area contributed by atoms with E-state index in [2.05, 4.69) is 5.16 Å². The molecule has 19 heavy (non-hydrogen) atoms. The second kappa shape index (κ2) is 6.51. The zero-order chi connectivity index (χ0) is 14.5. The molecule has 106 valence electrons. The van der Waals surface area contributed by atoms with E-state index in [1.807, 2.05) is 0 Å². The van der Waals surface area contributed by atoms with Crippen molar-refractivity contribution in [3.63, 3.8) is 0 Å². The minimum Gasteiger partial charge on any atom is -0.492 e. The van der Waals surface area contributed by atoms with Gasteiger partial charge in [0.05, 0.1) is 11.6 Å². The van der Waals surface area contributed by atoms with Crippen LogP contribution >= 0.6 is 11.6 Å². The molecule has 0 heterocycles. The molecule has 0 fully saturated rings. The summed E-state index contributed by atoms with van der Waals surface area (Å²) in [6, 6.07) is 4.33. The van der Waals surface area contributed by atoms with Crippen LogP contribution in [0.3, 0.4) is 0 Å². The van der Waals surface area contributed by atoms with Crippen LogP contribution in [0.25, 0.3) is 0 Å². The lowest BCUT2D eigenvalue weighted by molar-refractivity contribution is -0.136. The minimum absolute atomic E-state index is 0.0951. The van der Waals surface area contributed by atoms with Gasteiger partial charge in [0.25, 0.3) is 0 Å². The molecule has 0 saturated heterocycles. The van der Waals surface area contributed by atoms with Crippen LogP contribution in [0.4, 0.5) is 13.2 Å². The van der Waals surface area contributed by atoms with E-state index in [9.17, 15) is 13.2 Å². The SMILES string of the molecule is N/C(=N/O)c1ccc(OCCCC(F)(F)F)c(Cl)c1. The zero-order valence-electron chi connectivity index (χ0n) is 9.75. The number of rotatable bonds is 5. The summed E-state index contributed by atoms with van der Waals surface area (Å²) >= 11 is 5.86. The Morgan fingerprint density at radius 3 is 2.63 bits per heavy atom. The predicted molar refractivity (Wildman–Crippen MR) is 64.7 cm³/mol. The van der Waals surface area contributed by atoms with Crippen LogP contribution in [-0.2, 0) is 0 Å².